The second-order valence-electron chi connectivity index (χ2n) is 7.21. The minimum absolute atomic E-state index is 0.117. The van der Waals surface area contributed by atoms with Crippen molar-refractivity contribution in [3.8, 4) is 5.75 Å². The van der Waals surface area contributed by atoms with Crippen LogP contribution < -0.4 is 10.1 Å². The maximum Gasteiger partial charge on any atom is 0.234 e. The van der Waals surface area contributed by atoms with Crippen molar-refractivity contribution < 1.29 is 9.53 Å². The molecule has 0 radical (unpaired) electrons. The molecule has 1 amide bonds. The molecule has 0 bridgehead atoms. The van der Waals surface area contributed by atoms with Crippen molar-refractivity contribution >= 4 is 17.5 Å². The fourth-order valence-electron chi connectivity index (χ4n) is 2.70. The number of ether oxygens (including phenoxy) is 1. The summed E-state index contributed by atoms with van der Waals surface area (Å²) in [6.07, 6.45) is 0.931. The molecule has 0 aromatic heterocycles. The highest BCUT2D eigenvalue weighted by molar-refractivity contribution is 6.30. The maximum absolute atomic E-state index is 12.1. The number of rotatable bonds is 8. The number of benzene rings is 1. The van der Waals surface area contributed by atoms with Gasteiger partial charge in [0.15, 0.2) is 0 Å². The van der Waals surface area contributed by atoms with Crippen molar-refractivity contribution in [3.63, 3.8) is 0 Å². The number of halogens is 1. The predicted molar refractivity (Wildman–Crippen MR) is 102 cm³/mol. The monoisotopic (exact) mass is 367 g/mol. The topological polar surface area (TPSA) is 44.8 Å². The predicted octanol–water partition coefficient (Wildman–Crippen LogP) is 2.64. The van der Waals surface area contributed by atoms with E-state index >= 15 is 0 Å². The van der Waals surface area contributed by atoms with E-state index in [1.54, 1.807) is 0 Å². The maximum atomic E-state index is 12.1. The van der Waals surface area contributed by atoms with Crippen LogP contribution >= 0.6 is 11.6 Å². The van der Waals surface area contributed by atoms with Crippen molar-refractivity contribution in [2.24, 2.45) is 0 Å². The molecule has 0 unspecified atom stereocenters. The van der Waals surface area contributed by atoms with Gasteiger partial charge in [0.2, 0.25) is 5.91 Å². The van der Waals surface area contributed by atoms with Crippen LogP contribution in [0.1, 0.15) is 27.2 Å². The molecule has 0 saturated carbocycles. The second-order valence-corrected chi connectivity index (χ2v) is 7.64. The van der Waals surface area contributed by atoms with Crippen molar-refractivity contribution in [1.29, 1.82) is 0 Å². The van der Waals surface area contributed by atoms with Crippen LogP contribution in [0.15, 0.2) is 24.3 Å². The van der Waals surface area contributed by atoms with E-state index < -0.39 is 0 Å². The molecular weight excluding hydrogens is 338 g/mol. The summed E-state index contributed by atoms with van der Waals surface area (Å²) >= 11 is 5.86. The standard InChI is InChI=1S/C19H30ClN3O2/c1-4-19(2,3)21-18(24)15-23-11-9-22(10-12-23)13-14-25-17-7-5-16(20)6-8-17/h5-8H,4,9-15H2,1-3H3,(H,21,24). The lowest BCUT2D eigenvalue weighted by Gasteiger charge is -2.35. The van der Waals surface area contributed by atoms with E-state index in [4.69, 9.17) is 16.3 Å². The van der Waals surface area contributed by atoms with Crippen LogP contribution in [0.3, 0.4) is 0 Å². The molecule has 1 aliphatic rings. The fraction of sp³-hybridized carbons (Fsp3) is 0.632. The van der Waals surface area contributed by atoms with Crippen molar-refractivity contribution in [1.82, 2.24) is 15.1 Å². The Labute approximate surface area is 156 Å². The van der Waals surface area contributed by atoms with E-state index in [9.17, 15) is 4.79 Å². The Morgan fingerprint density at radius 1 is 1.16 bits per heavy atom. The van der Waals surface area contributed by atoms with E-state index in [-0.39, 0.29) is 11.4 Å². The lowest BCUT2D eigenvalue weighted by atomic mass is 10.0. The van der Waals surface area contributed by atoms with Crippen LogP contribution in [0.25, 0.3) is 0 Å². The van der Waals surface area contributed by atoms with Gasteiger partial charge < -0.3 is 10.1 Å². The number of carbonyl (C=O) groups is 1. The summed E-state index contributed by atoms with van der Waals surface area (Å²) in [6, 6.07) is 7.44. The largest absolute Gasteiger partial charge is 0.492 e. The zero-order chi connectivity index (χ0) is 18.3. The third kappa shape index (κ3) is 7.22. The van der Waals surface area contributed by atoms with Gasteiger partial charge in [-0.3, -0.25) is 14.6 Å². The Morgan fingerprint density at radius 2 is 1.76 bits per heavy atom. The molecule has 5 nitrogen and oxygen atoms in total. The third-order valence-electron chi connectivity index (χ3n) is 4.68. The SMILES string of the molecule is CCC(C)(C)NC(=O)CN1CCN(CCOc2ccc(Cl)cc2)CC1. The van der Waals surface area contributed by atoms with Crippen LogP contribution in [-0.2, 0) is 4.79 Å². The molecule has 6 heteroatoms. The van der Waals surface area contributed by atoms with Crippen molar-refractivity contribution in [2.45, 2.75) is 32.7 Å². The molecule has 2 rings (SSSR count). The summed E-state index contributed by atoms with van der Waals surface area (Å²) in [5.41, 5.74) is -0.127. The highest BCUT2D eigenvalue weighted by atomic mass is 35.5. The molecule has 1 fully saturated rings. The van der Waals surface area contributed by atoms with Gasteiger partial charge in [-0.25, -0.2) is 0 Å². The highest BCUT2D eigenvalue weighted by Gasteiger charge is 2.22. The smallest absolute Gasteiger partial charge is 0.234 e. The number of carbonyl (C=O) groups excluding carboxylic acids is 1. The molecule has 0 aliphatic carbocycles. The normalized spacial score (nSPS) is 16.6. The average Bonchev–Trinajstić information content (AvgIpc) is 2.58. The van der Waals surface area contributed by atoms with Gasteiger partial charge in [0, 0.05) is 43.3 Å². The summed E-state index contributed by atoms with van der Waals surface area (Å²) in [7, 11) is 0. The summed E-state index contributed by atoms with van der Waals surface area (Å²) in [6.45, 7) is 12.0. The minimum Gasteiger partial charge on any atom is -0.492 e. The molecule has 25 heavy (non-hydrogen) atoms. The molecule has 1 aliphatic heterocycles. The van der Waals surface area contributed by atoms with E-state index in [1.807, 2.05) is 24.3 Å². The van der Waals surface area contributed by atoms with E-state index in [1.165, 1.54) is 0 Å². The molecule has 1 N–H and O–H groups in total. The lowest BCUT2D eigenvalue weighted by Crippen LogP contribution is -2.52. The molecule has 1 heterocycles. The summed E-state index contributed by atoms with van der Waals surface area (Å²) in [5, 5.41) is 3.81. The van der Waals surface area contributed by atoms with E-state index in [0.29, 0.717) is 13.2 Å². The number of hydrogen-bond donors (Lipinski definition) is 1. The van der Waals surface area contributed by atoms with Gasteiger partial charge in [-0.1, -0.05) is 18.5 Å². The van der Waals surface area contributed by atoms with Crippen LogP contribution in [0.5, 0.6) is 5.75 Å². The third-order valence-corrected chi connectivity index (χ3v) is 4.94. The first-order valence-corrected chi connectivity index (χ1v) is 9.40. The van der Waals surface area contributed by atoms with Crippen LogP contribution in [-0.4, -0.2) is 67.1 Å². The molecule has 0 atom stereocenters. The molecular formula is C19H30ClN3O2. The number of nitrogens with one attached hydrogen (secondary N) is 1. The molecule has 1 aromatic carbocycles. The Morgan fingerprint density at radius 3 is 2.36 bits per heavy atom. The van der Waals surface area contributed by atoms with Gasteiger partial charge in [-0.15, -0.1) is 0 Å². The minimum atomic E-state index is -0.127. The first kappa shape index (κ1) is 20.0. The summed E-state index contributed by atoms with van der Waals surface area (Å²) < 4.78 is 5.74. The average molecular weight is 368 g/mol. The number of hydrogen-bond acceptors (Lipinski definition) is 4. The molecule has 1 saturated heterocycles. The number of nitrogens with zero attached hydrogens (tertiary/aromatic N) is 2. The van der Waals surface area contributed by atoms with Gasteiger partial charge in [0.05, 0.1) is 6.54 Å². The Kier molecular flexibility index (Phi) is 7.54. The Balaban J connectivity index is 1.62. The van der Waals surface area contributed by atoms with Crippen LogP contribution in [0.2, 0.25) is 5.02 Å². The zero-order valence-electron chi connectivity index (χ0n) is 15.6. The van der Waals surface area contributed by atoms with Crippen LogP contribution in [0, 0.1) is 0 Å². The van der Waals surface area contributed by atoms with Crippen molar-refractivity contribution in [3.05, 3.63) is 29.3 Å². The second kappa shape index (κ2) is 9.41. The number of piperazine rings is 1. The van der Waals surface area contributed by atoms with Gasteiger partial charge in [-0.05, 0) is 44.5 Å². The molecule has 0 spiro atoms. The first-order chi connectivity index (χ1) is 11.9. The van der Waals surface area contributed by atoms with Gasteiger partial charge in [-0.2, -0.15) is 0 Å². The van der Waals surface area contributed by atoms with E-state index in [0.717, 1.165) is 49.9 Å². The molecule has 140 valence electrons. The highest BCUT2D eigenvalue weighted by Crippen LogP contribution is 2.15. The van der Waals surface area contributed by atoms with Gasteiger partial charge >= 0.3 is 0 Å². The Bertz CT molecular complexity index is 540. The zero-order valence-corrected chi connectivity index (χ0v) is 16.3. The summed E-state index contributed by atoms with van der Waals surface area (Å²) in [4.78, 5) is 16.7. The van der Waals surface area contributed by atoms with E-state index in [2.05, 4.69) is 35.9 Å². The van der Waals surface area contributed by atoms with Gasteiger partial charge in [0.1, 0.15) is 12.4 Å². The Hall–Kier alpha value is -1.30. The first-order valence-electron chi connectivity index (χ1n) is 9.02. The fourth-order valence-corrected chi connectivity index (χ4v) is 2.83. The van der Waals surface area contributed by atoms with Crippen molar-refractivity contribution in [2.75, 3.05) is 45.9 Å². The quantitative estimate of drug-likeness (QED) is 0.767. The van der Waals surface area contributed by atoms with Crippen LogP contribution in [0.4, 0.5) is 0 Å². The summed E-state index contributed by atoms with van der Waals surface area (Å²) in [5.74, 6) is 0.963. The lowest BCUT2D eigenvalue weighted by molar-refractivity contribution is -0.124. The molecule has 1 aromatic rings. The van der Waals surface area contributed by atoms with Gasteiger partial charge in [0.25, 0.3) is 0 Å². The number of amides is 1.